The fourth-order valence-electron chi connectivity index (χ4n) is 5.79. The molecule has 0 saturated heterocycles. The van der Waals surface area contributed by atoms with Crippen LogP contribution in [0.25, 0.3) is 0 Å². The van der Waals surface area contributed by atoms with Gasteiger partial charge in [-0.3, -0.25) is 0 Å². The molecule has 0 aliphatic heterocycles. The first-order chi connectivity index (χ1) is 19.0. The molecule has 0 aromatic heterocycles. The van der Waals surface area contributed by atoms with Crippen molar-refractivity contribution in [1.29, 1.82) is 0 Å². The number of benzene rings is 2. The van der Waals surface area contributed by atoms with Gasteiger partial charge in [0.2, 0.25) is 0 Å². The van der Waals surface area contributed by atoms with Crippen LogP contribution in [0.5, 0.6) is 0 Å². The van der Waals surface area contributed by atoms with Gasteiger partial charge in [0.25, 0.3) is 0 Å². The van der Waals surface area contributed by atoms with Crippen LogP contribution in [0.1, 0.15) is 182 Å². The first-order valence-electron chi connectivity index (χ1n) is 15.6. The Labute approximate surface area is 271 Å². The summed E-state index contributed by atoms with van der Waals surface area (Å²) in [6.45, 7) is 29.1. The summed E-state index contributed by atoms with van der Waals surface area (Å²) in [6.07, 6.45) is 0.878. The van der Waals surface area contributed by atoms with E-state index in [0.29, 0.717) is 35.5 Å². The van der Waals surface area contributed by atoms with Crippen LogP contribution in [0.3, 0.4) is 0 Å². The molecule has 41 heavy (non-hydrogen) atoms. The number of hydrogen-bond acceptors (Lipinski definition) is 3. The Balaban J connectivity index is 2.42. The standard InChI is InChI=1S/C35H58N3.2BrH.Co/c1-20(2)26-15-28(22(5)6)34(29(16-26)23(7)8)32(36)13-14-38-19-33(37)35-30(24(9)10)17-27(21(3)4)18-31(35)25(11)12;;;/h15-18,20-25,32-33H,13-14,19,36-37H2,1-12H3;2*1H;/q-1;;;+3/p-2. The Bertz CT molecular complexity index is 1070. The summed E-state index contributed by atoms with van der Waals surface area (Å²) in [6, 6.07) is 9.53. The van der Waals surface area contributed by atoms with Crippen molar-refractivity contribution in [3.63, 3.8) is 0 Å². The number of rotatable bonds is 14. The Morgan fingerprint density at radius 3 is 1.15 bits per heavy atom. The second-order valence-electron chi connectivity index (χ2n) is 13.7. The summed E-state index contributed by atoms with van der Waals surface area (Å²) in [5.74, 6) is 2.69. The van der Waals surface area contributed by atoms with Crippen molar-refractivity contribution in [2.24, 2.45) is 11.5 Å². The number of halogens is 2. The molecule has 2 rings (SSSR count). The van der Waals surface area contributed by atoms with Gasteiger partial charge in [0.15, 0.2) is 0 Å². The van der Waals surface area contributed by atoms with Gasteiger partial charge in [-0.25, -0.2) is 0 Å². The second kappa shape index (κ2) is 16.2. The molecule has 0 amide bonds. The zero-order chi connectivity index (χ0) is 31.3. The summed E-state index contributed by atoms with van der Waals surface area (Å²) in [5, 5.41) is 0. The van der Waals surface area contributed by atoms with Crippen molar-refractivity contribution in [2.45, 2.75) is 137 Å². The van der Waals surface area contributed by atoms with Crippen LogP contribution in [-0.4, -0.2) is 17.0 Å². The van der Waals surface area contributed by atoms with Gasteiger partial charge in [-0.15, -0.1) is 0 Å². The van der Waals surface area contributed by atoms with E-state index < -0.39 is 10.3 Å². The molecule has 0 aliphatic carbocycles. The van der Waals surface area contributed by atoms with Gasteiger partial charge < -0.3 is 0 Å². The molecule has 2 unspecified atom stereocenters. The van der Waals surface area contributed by atoms with E-state index in [4.69, 9.17) is 11.5 Å². The van der Waals surface area contributed by atoms with E-state index in [9.17, 15) is 0 Å². The first kappa shape index (κ1) is 37.0. The Hall–Kier alpha value is -0.214. The normalized spacial score (nSPS) is 14.5. The fraction of sp³-hybridized carbons (Fsp3) is 0.657. The topological polar surface area (TPSA) is 55.3 Å². The van der Waals surface area contributed by atoms with E-state index in [2.05, 4.69) is 140 Å². The molecule has 6 heteroatoms. The molecule has 0 fully saturated rings. The van der Waals surface area contributed by atoms with Gasteiger partial charge in [-0.2, -0.15) is 0 Å². The van der Waals surface area contributed by atoms with Crippen molar-refractivity contribution in [3.8, 4) is 0 Å². The SMILES string of the molecule is CC(C)c1cc(C(C)C)c(C(N)CC[N](CC(N)c2c(C(C)C)cc(C(C)C)cc2C(C)C)[Co]([Br])[Br])c(C(C)C)c1. The van der Waals surface area contributed by atoms with Gasteiger partial charge in [0, 0.05) is 0 Å². The maximum atomic E-state index is 7.12. The quantitative estimate of drug-likeness (QED) is 0.203. The zero-order valence-electron chi connectivity index (χ0n) is 27.7. The molecule has 236 valence electrons. The number of nitrogens with two attached hydrogens (primary N) is 2. The molecule has 0 aliphatic rings. The summed E-state index contributed by atoms with van der Waals surface area (Å²) in [7, 11) is -0.659. The van der Waals surface area contributed by atoms with Crippen LogP contribution in [0.15, 0.2) is 24.3 Å². The zero-order valence-corrected chi connectivity index (χ0v) is 32.0. The van der Waals surface area contributed by atoms with Crippen LogP contribution in [-0.2, 0) is 10.3 Å². The minimum absolute atomic E-state index is 0.0259. The van der Waals surface area contributed by atoms with Crippen molar-refractivity contribution < 1.29 is 10.3 Å². The van der Waals surface area contributed by atoms with Crippen molar-refractivity contribution in [1.82, 2.24) is 3.95 Å². The fourth-order valence-corrected chi connectivity index (χ4v) is 8.22. The van der Waals surface area contributed by atoms with Crippen molar-refractivity contribution in [3.05, 3.63) is 68.8 Å². The second-order valence-corrected chi connectivity index (χ2v) is 21.9. The summed E-state index contributed by atoms with van der Waals surface area (Å²) in [5.41, 5.74) is 25.3. The van der Waals surface area contributed by atoms with Crippen LogP contribution < -0.4 is 11.5 Å². The predicted molar refractivity (Wildman–Crippen MR) is 185 cm³/mol. The van der Waals surface area contributed by atoms with E-state index in [1.54, 1.807) is 0 Å². The van der Waals surface area contributed by atoms with E-state index in [1.165, 1.54) is 44.5 Å². The van der Waals surface area contributed by atoms with Gasteiger partial charge in [0.05, 0.1) is 0 Å². The molecule has 0 bridgehead atoms. The van der Waals surface area contributed by atoms with Gasteiger partial charge in [0.1, 0.15) is 0 Å². The maximum absolute atomic E-state index is 7.12. The third kappa shape index (κ3) is 9.63. The van der Waals surface area contributed by atoms with Crippen LogP contribution in [0.4, 0.5) is 0 Å². The number of hydrogen-bond donors (Lipinski definition) is 2. The van der Waals surface area contributed by atoms with E-state index in [0.717, 1.165) is 19.5 Å². The van der Waals surface area contributed by atoms with Crippen molar-refractivity contribution in [2.75, 3.05) is 13.1 Å². The molecule has 0 saturated carbocycles. The molecule has 2 aromatic rings. The van der Waals surface area contributed by atoms with E-state index >= 15 is 0 Å². The Morgan fingerprint density at radius 1 is 0.561 bits per heavy atom. The monoisotopic (exact) mass is 737 g/mol. The molecule has 2 aromatic carbocycles. The molecule has 0 radical (unpaired) electrons. The third-order valence-electron chi connectivity index (χ3n) is 8.31. The summed E-state index contributed by atoms with van der Waals surface area (Å²) >= 11 is 7.77. The Kier molecular flexibility index (Phi) is 14.6. The summed E-state index contributed by atoms with van der Waals surface area (Å²) in [4.78, 5) is 0. The first-order valence-corrected chi connectivity index (χ1v) is 21.2. The van der Waals surface area contributed by atoms with Gasteiger partial charge in [-0.05, 0) is 0 Å². The van der Waals surface area contributed by atoms with Gasteiger partial charge >= 0.3 is 273 Å². The molecule has 0 heterocycles. The average molecular weight is 740 g/mol. The van der Waals surface area contributed by atoms with Crippen molar-refractivity contribution >= 4 is 28.3 Å². The summed E-state index contributed by atoms with van der Waals surface area (Å²) < 4.78 is 2.45. The van der Waals surface area contributed by atoms with E-state index in [-0.39, 0.29) is 12.1 Å². The third-order valence-corrected chi connectivity index (χ3v) is 12.0. The average Bonchev–Trinajstić information content (AvgIpc) is 2.88. The van der Waals surface area contributed by atoms with Crippen LogP contribution in [0.2, 0.25) is 0 Å². The molecule has 0 spiro atoms. The molecule has 2 atom stereocenters. The molecule has 3 nitrogen and oxygen atoms in total. The predicted octanol–water partition coefficient (Wildman–Crippen LogP) is 11.0. The van der Waals surface area contributed by atoms with E-state index in [1.807, 2.05) is 0 Å². The van der Waals surface area contributed by atoms with Crippen LogP contribution in [0, 0.1) is 0 Å². The molecule has 4 N–H and O–H groups in total. The Morgan fingerprint density at radius 2 is 0.878 bits per heavy atom. The molecular formula is C35H58Br2CoN3. The number of nitrogens with zero attached hydrogens (tertiary/aromatic N) is 1. The molecular weight excluding hydrogens is 681 g/mol. The van der Waals surface area contributed by atoms with Crippen LogP contribution >= 0.6 is 28.3 Å². The minimum atomic E-state index is -0.659. The van der Waals surface area contributed by atoms with Gasteiger partial charge in [-0.1, -0.05) is 0 Å².